The van der Waals surface area contributed by atoms with Crippen LogP contribution in [0.1, 0.15) is 19.3 Å². The van der Waals surface area contributed by atoms with Gasteiger partial charge in [0.1, 0.15) is 11.4 Å². The Balaban J connectivity index is 0.000000209. The molecule has 0 aromatic rings. The molecule has 2 radical (unpaired) electrons. The van der Waals surface area contributed by atoms with Gasteiger partial charge in [-0.3, -0.25) is 9.59 Å². The van der Waals surface area contributed by atoms with Crippen molar-refractivity contribution in [1.29, 1.82) is 0 Å². The van der Waals surface area contributed by atoms with E-state index in [0.29, 0.717) is 17.1 Å². The molecule has 0 aromatic heterocycles. The maximum absolute atomic E-state index is 12.4. The van der Waals surface area contributed by atoms with Gasteiger partial charge in [-0.1, -0.05) is 0 Å². The molecule has 6 heteroatoms. The van der Waals surface area contributed by atoms with Crippen molar-refractivity contribution >= 4 is 34.1 Å². The van der Waals surface area contributed by atoms with Crippen molar-refractivity contribution in [2.45, 2.75) is 23.7 Å². The predicted octanol–water partition coefficient (Wildman–Crippen LogP) is 0.842. The molecule has 3 saturated heterocycles. The van der Waals surface area contributed by atoms with Crippen molar-refractivity contribution in [2.24, 2.45) is 0 Å². The van der Waals surface area contributed by atoms with Gasteiger partial charge in [0.05, 0.1) is 5.70 Å². The summed E-state index contributed by atoms with van der Waals surface area (Å²) in [6.45, 7) is 9.05. The molecule has 24 heavy (non-hydrogen) atoms. The van der Waals surface area contributed by atoms with Gasteiger partial charge >= 0.3 is 58.9 Å². The van der Waals surface area contributed by atoms with Crippen molar-refractivity contribution in [2.75, 3.05) is 39.3 Å². The first-order valence-corrected chi connectivity index (χ1v) is 11.1. The van der Waals surface area contributed by atoms with Crippen LogP contribution in [-0.2, 0) is 9.59 Å². The molecule has 3 fully saturated rings. The smallest absolute Gasteiger partial charge is 0.227 e. The normalized spacial score (nSPS) is 21.4. The van der Waals surface area contributed by atoms with Crippen LogP contribution in [-0.4, -0.2) is 88.1 Å². The summed E-state index contributed by atoms with van der Waals surface area (Å²) < 4.78 is 1.44. The summed E-state index contributed by atoms with van der Waals surface area (Å²) in [7, 11) is 0. The molecule has 0 bridgehead atoms. The first kappa shape index (κ1) is 17.6. The molecule has 0 amide bonds. The molecule has 128 valence electrons. The molecule has 3 aliphatic heterocycles. The maximum atomic E-state index is 12.4. The zero-order chi connectivity index (χ0) is 17.1. The van der Waals surface area contributed by atoms with Crippen LogP contribution in [0.25, 0.3) is 0 Å². The van der Waals surface area contributed by atoms with E-state index in [1.54, 1.807) is 0 Å². The quantitative estimate of drug-likeness (QED) is 0.196. The van der Waals surface area contributed by atoms with Gasteiger partial charge < -0.3 is 14.7 Å². The predicted molar refractivity (Wildman–Crippen MR) is 95.8 cm³/mol. The third kappa shape index (κ3) is 4.23. The summed E-state index contributed by atoms with van der Waals surface area (Å²) in [6.07, 6.45) is 7.49. The molecule has 0 N–H and O–H groups in total. The zero-order valence-electron chi connectivity index (χ0n) is 14.2. The fraction of sp³-hybridized carbons (Fsp3) is 0.556. The number of allylic oxidation sites excluding steroid dienone is 2. The van der Waals surface area contributed by atoms with Gasteiger partial charge in [0.15, 0.2) is 0 Å². The standard InChI is InChI=1S/C12H13N3O2.C6H11.Sn.H/c16-9-7-8(13-1-2-13)12(17)11(15-5-6-15)10(9)14-3-4-14;1-3-5-6-4-2;;/h7H,1-6H2;3H,1-2,4-6H2;;. The van der Waals surface area contributed by atoms with E-state index in [1.807, 2.05) is 20.8 Å². The second-order valence-electron chi connectivity index (χ2n) is 6.45. The maximum Gasteiger partial charge on any atom is 0.227 e. The molecule has 4 aliphatic rings. The van der Waals surface area contributed by atoms with E-state index in [2.05, 4.69) is 6.58 Å². The Morgan fingerprint density at radius 2 is 1.54 bits per heavy atom. The van der Waals surface area contributed by atoms with E-state index >= 15 is 0 Å². The number of ketones is 2. The molecule has 5 nitrogen and oxygen atoms in total. The number of hydrogen-bond acceptors (Lipinski definition) is 5. The molecule has 0 spiro atoms. The van der Waals surface area contributed by atoms with Gasteiger partial charge in [-0.05, 0) is 0 Å². The summed E-state index contributed by atoms with van der Waals surface area (Å²) in [5, 5.41) is 0. The topological polar surface area (TPSA) is 43.2 Å². The van der Waals surface area contributed by atoms with Crippen LogP contribution in [0, 0.1) is 0 Å². The van der Waals surface area contributed by atoms with Crippen molar-refractivity contribution in [3.05, 3.63) is 35.8 Å². The fourth-order valence-corrected chi connectivity index (χ4v) is 3.53. The Kier molecular flexibility index (Phi) is 5.68. The zero-order valence-corrected chi connectivity index (χ0v) is 17.5. The Morgan fingerprint density at radius 1 is 0.958 bits per heavy atom. The van der Waals surface area contributed by atoms with Crippen LogP contribution in [0.4, 0.5) is 0 Å². The fourth-order valence-electron chi connectivity index (χ4n) is 2.71. The van der Waals surface area contributed by atoms with Gasteiger partial charge in [-0.15, -0.1) is 0 Å². The van der Waals surface area contributed by atoms with E-state index in [1.165, 1.54) is 52.3 Å². The minimum absolute atomic E-state index is 0.00546. The van der Waals surface area contributed by atoms with Crippen molar-refractivity contribution < 1.29 is 9.59 Å². The monoisotopic (exact) mass is 435 g/mol. The summed E-state index contributed by atoms with van der Waals surface area (Å²) in [5.74, 6) is 0.0485. The third-order valence-corrected chi connectivity index (χ3v) is 5.52. The molecule has 0 unspecified atom stereocenters. The number of hydrogen-bond donors (Lipinski definition) is 0. The van der Waals surface area contributed by atoms with Crippen molar-refractivity contribution in [3.63, 3.8) is 0 Å². The van der Waals surface area contributed by atoms with E-state index < -0.39 is 0 Å². The largest absolute Gasteiger partial charge is 0.365 e. The Hall–Kier alpha value is -1.24. The van der Waals surface area contributed by atoms with Crippen LogP contribution in [0.3, 0.4) is 0 Å². The van der Waals surface area contributed by atoms with Crippen LogP contribution < -0.4 is 0 Å². The van der Waals surface area contributed by atoms with E-state index in [-0.39, 0.29) is 11.6 Å². The summed E-state index contributed by atoms with van der Waals surface area (Å²) in [5.41, 5.74) is 1.89. The van der Waals surface area contributed by atoms with Gasteiger partial charge in [0.2, 0.25) is 11.6 Å². The van der Waals surface area contributed by atoms with Crippen LogP contribution >= 0.6 is 0 Å². The molecule has 0 aromatic carbocycles. The summed E-state index contributed by atoms with van der Waals surface area (Å²) in [4.78, 5) is 30.5. The van der Waals surface area contributed by atoms with E-state index in [4.69, 9.17) is 0 Å². The van der Waals surface area contributed by atoms with Crippen molar-refractivity contribution in [1.82, 2.24) is 14.7 Å². The molecular formula is C18H25N3O2Sn. The third-order valence-electron chi connectivity index (χ3n) is 4.35. The summed E-state index contributed by atoms with van der Waals surface area (Å²) >= 11 is 1.43. The number of carbonyl (C=O) groups is 2. The summed E-state index contributed by atoms with van der Waals surface area (Å²) in [6, 6.07) is 0. The number of nitrogens with zero attached hydrogens (tertiary/aromatic N) is 3. The average Bonchev–Trinajstić information content (AvgIpc) is 3.37. The van der Waals surface area contributed by atoms with Gasteiger partial charge in [-0.2, -0.15) is 0 Å². The number of Topliss-reactive ketones (excluding diaryl/α,β-unsaturated/α-hetero) is 1. The van der Waals surface area contributed by atoms with Crippen LogP contribution in [0.15, 0.2) is 35.8 Å². The number of carbonyl (C=O) groups excluding carboxylic acids is 2. The van der Waals surface area contributed by atoms with Gasteiger partial charge in [0.25, 0.3) is 0 Å². The SMILES string of the molecule is C=CCCC[CH2][SnH].O=C1C=C(N2CC2)C(=O)C(N2CC2)=C1N1CC1. The molecule has 1 aliphatic carbocycles. The second-order valence-corrected chi connectivity index (χ2v) is 8.10. The minimum atomic E-state index is 0.00546. The Labute approximate surface area is 157 Å². The molecule has 0 saturated carbocycles. The first-order chi connectivity index (χ1) is 11.7. The number of rotatable bonds is 7. The van der Waals surface area contributed by atoms with Gasteiger partial charge in [-0.25, -0.2) is 0 Å². The van der Waals surface area contributed by atoms with E-state index in [0.717, 1.165) is 39.3 Å². The first-order valence-electron chi connectivity index (χ1n) is 8.78. The van der Waals surface area contributed by atoms with Crippen molar-refractivity contribution in [3.8, 4) is 0 Å². The average molecular weight is 434 g/mol. The van der Waals surface area contributed by atoms with E-state index in [9.17, 15) is 9.59 Å². The Morgan fingerprint density at radius 3 is 2.04 bits per heavy atom. The van der Waals surface area contributed by atoms with Crippen LogP contribution in [0.2, 0.25) is 4.44 Å². The van der Waals surface area contributed by atoms with Gasteiger partial charge in [0, 0.05) is 45.3 Å². The van der Waals surface area contributed by atoms with Crippen LogP contribution in [0.5, 0.6) is 0 Å². The molecule has 3 heterocycles. The second kappa shape index (κ2) is 7.76. The minimum Gasteiger partial charge on any atom is -0.365 e. The molecular weight excluding hydrogens is 409 g/mol. The Bertz CT molecular complexity index is 599. The molecule has 4 rings (SSSR count). The number of unbranched alkanes of at least 4 members (excludes halogenated alkanes) is 2. The molecule has 0 atom stereocenters.